The zero-order valence-electron chi connectivity index (χ0n) is 12.9. The molecule has 0 fully saturated rings. The Balaban J connectivity index is 1.75. The Kier molecular flexibility index (Phi) is 4.68. The molecule has 24 heavy (non-hydrogen) atoms. The number of sulfonamides is 1. The number of rotatable bonds is 5. The number of nitrogens with zero attached hydrogens (tertiary/aromatic N) is 4. The van der Waals surface area contributed by atoms with Crippen LogP contribution in [0.1, 0.15) is 11.3 Å². The number of aryl methyl sites for hydroxylation is 2. The summed E-state index contributed by atoms with van der Waals surface area (Å²) in [5, 5.41) is 9.96. The molecule has 126 valence electrons. The maximum Gasteiger partial charge on any atom is 0.245 e. The van der Waals surface area contributed by atoms with Crippen LogP contribution in [0.4, 0.5) is 0 Å². The van der Waals surface area contributed by atoms with Gasteiger partial charge in [-0.3, -0.25) is 4.68 Å². The lowest BCUT2D eigenvalue weighted by Crippen LogP contribution is -2.23. The Morgan fingerprint density at radius 3 is 2.54 bits per heavy atom. The second-order valence-corrected chi connectivity index (χ2v) is 7.81. The van der Waals surface area contributed by atoms with E-state index in [9.17, 15) is 8.42 Å². The van der Waals surface area contributed by atoms with Crippen LogP contribution in [0.5, 0.6) is 0 Å². The summed E-state index contributed by atoms with van der Waals surface area (Å²) in [4.78, 5) is 0.0110. The van der Waals surface area contributed by atoms with Crippen molar-refractivity contribution in [2.75, 3.05) is 0 Å². The van der Waals surface area contributed by atoms with Crippen molar-refractivity contribution >= 4 is 33.2 Å². The normalized spacial score (nSPS) is 11.8. The fourth-order valence-electron chi connectivity index (χ4n) is 2.25. The van der Waals surface area contributed by atoms with Gasteiger partial charge in [-0.1, -0.05) is 40.4 Å². The molecule has 0 aliphatic rings. The smallest absolute Gasteiger partial charge is 0.245 e. The van der Waals surface area contributed by atoms with Crippen molar-refractivity contribution in [2.24, 2.45) is 7.05 Å². The third-order valence-electron chi connectivity index (χ3n) is 3.44. The van der Waals surface area contributed by atoms with Gasteiger partial charge in [0.1, 0.15) is 15.7 Å². The van der Waals surface area contributed by atoms with Crippen LogP contribution in [-0.4, -0.2) is 27.8 Å². The molecule has 0 bridgehead atoms. The predicted octanol–water partition coefficient (Wildman–Crippen LogP) is 2.38. The molecule has 0 aliphatic carbocycles. The zero-order chi connectivity index (χ0) is 17.3. The van der Waals surface area contributed by atoms with Crippen molar-refractivity contribution in [1.29, 1.82) is 0 Å². The van der Waals surface area contributed by atoms with Crippen molar-refractivity contribution in [3.63, 3.8) is 0 Å². The maximum absolute atomic E-state index is 12.4. The van der Waals surface area contributed by atoms with E-state index in [1.807, 2.05) is 29.6 Å². The Morgan fingerprint density at radius 2 is 2.00 bits per heavy atom. The van der Waals surface area contributed by atoms with Crippen molar-refractivity contribution < 1.29 is 8.42 Å². The molecule has 3 aromatic rings. The van der Waals surface area contributed by atoms with Crippen LogP contribution in [-0.2, 0) is 23.6 Å². The maximum atomic E-state index is 12.4. The molecule has 0 unspecified atom stereocenters. The lowest BCUT2D eigenvalue weighted by Gasteiger charge is -2.07. The van der Waals surface area contributed by atoms with E-state index in [1.165, 1.54) is 16.2 Å². The first kappa shape index (κ1) is 17.0. The van der Waals surface area contributed by atoms with Crippen LogP contribution >= 0.6 is 23.1 Å². The number of aromatic nitrogens is 4. The van der Waals surface area contributed by atoms with E-state index in [-0.39, 0.29) is 16.6 Å². The van der Waals surface area contributed by atoms with Gasteiger partial charge in [0.05, 0.1) is 5.69 Å². The van der Waals surface area contributed by atoms with Gasteiger partial charge in [0.15, 0.2) is 0 Å². The van der Waals surface area contributed by atoms with Gasteiger partial charge in [0.2, 0.25) is 10.0 Å². The molecule has 0 spiro atoms. The topological polar surface area (TPSA) is 89.8 Å². The van der Waals surface area contributed by atoms with E-state index >= 15 is 0 Å². The van der Waals surface area contributed by atoms with Crippen LogP contribution < -0.4 is 4.72 Å². The van der Waals surface area contributed by atoms with Crippen molar-refractivity contribution in [3.05, 3.63) is 46.1 Å². The van der Waals surface area contributed by atoms with E-state index in [0.717, 1.165) is 16.8 Å². The van der Waals surface area contributed by atoms with Gasteiger partial charge in [0.25, 0.3) is 0 Å². The first-order valence-electron chi connectivity index (χ1n) is 6.93. The summed E-state index contributed by atoms with van der Waals surface area (Å²) in [7, 11) is -2.14. The van der Waals surface area contributed by atoms with Gasteiger partial charge in [-0.2, -0.15) is 5.10 Å². The quantitative estimate of drug-likeness (QED) is 0.730. The summed E-state index contributed by atoms with van der Waals surface area (Å²) >= 11 is 7.31. The standard InChI is InChI=1S/C14H14ClN5O2S2/c1-9-13(14(15)20(2)18-9)24(21,22)16-7-10-3-5-11(6-4-10)12-8-23-19-17-12/h3-6,8,16H,7H2,1-2H3. The van der Waals surface area contributed by atoms with Crippen molar-refractivity contribution in [3.8, 4) is 11.3 Å². The largest absolute Gasteiger partial charge is 0.255 e. The molecule has 0 radical (unpaired) electrons. The minimum Gasteiger partial charge on any atom is -0.255 e. The molecule has 1 aromatic carbocycles. The van der Waals surface area contributed by atoms with E-state index in [2.05, 4.69) is 19.4 Å². The SMILES string of the molecule is Cc1nn(C)c(Cl)c1S(=O)(=O)NCc1ccc(-c2csnn2)cc1. The summed E-state index contributed by atoms with van der Waals surface area (Å²) in [6, 6.07) is 7.44. The summed E-state index contributed by atoms with van der Waals surface area (Å²) in [6.45, 7) is 1.76. The van der Waals surface area contributed by atoms with Gasteiger partial charge < -0.3 is 0 Å². The summed E-state index contributed by atoms with van der Waals surface area (Å²) in [5.41, 5.74) is 2.91. The van der Waals surface area contributed by atoms with Crippen LogP contribution in [0.2, 0.25) is 5.15 Å². The molecular weight excluding hydrogens is 370 g/mol. The highest BCUT2D eigenvalue weighted by molar-refractivity contribution is 7.89. The van der Waals surface area contributed by atoms with Crippen LogP contribution in [0.3, 0.4) is 0 Å². The zero-order valence-corrected chi connectivity index (χ0v) is 15.3. The average Bonchev–Trinajstić information content (AvgIpc) is 3.15. The Hall–Kier alpha value is -1.81. The Bertz CT molecular complexity index is 950. The third-order valence-corrected chi connectivity index (χ3v) is 6.05. The molecule has 10 heteroatoms. The van der Waals surface area contributed by atoms with E-state index in [0.29, 0.717) is 5.69 Å². The molecule has 2 heterocycles. The second-order valence-electron chi connectivity index (χ2n) is 5.14. The number of hydrogen-bond acceptors (Lipinski definition) is 6. The minimum absolute atomic E-state index is 0.0110. The molecule has 7 nitrogen and oxygen atoms in total. The molecule has 2 aromatic heterocycles. The van der Waals surface area contributed by atoms with Crippen LogP contribution in [0, 0.1) is 6.92 Å². The van der Waals surface area contributed by atoms with Gasteiger partial charge in [-0.25, -0.2) is 13.1 Å². The number of halogens is 1. The summed E-state index contributed by atoms with van der Waals surface area (Å²) in [6.07, 6.45) is 0. The molecule has 1 N–H and O–H groups in total. The van der Waals surface area contributed by atoms with E-state index < -0.39 is 10.0 Å². The predicted molar refractivity (Wildman–Crippen MR) is 92.3 cm³/mol. The van der Waals surface area contributed by atoms with Gasteiger partial charge in [-0.05, 0) is 24.0 Å². The monoisotopic (exact) mass is 383 g/mol. The number of nitrogens with one attached hydrogen (secondary N) is 1. The highest BCUT2D eigenvalue weighted by atomic mass is 35.5. The molecule has 3 rings (SSSR count). The van der Waals surface area contributed by atoms with Crippen molar-refractivity contribution in [2.45, 2.75) is 18.4 Å². The third kappa shape index (κ3) is 3.34. The molecular formula is C14H14ClN5O2S2. The van der Waals surface area contributed by atoms with E-state index in [4.69, 9.17) is 11.6 Å². The Morgan fingerprint density at radius 1 is 1.29 bits per heavy atom. The molecule has 0 atom stereocenters. The fraction of sp³-hybridized carbons (Fsp3) is 0.214. The van der Waals surface area contributed by atoms with Crippen LogP contribution in [0.25, 0.3) is 11.3 Å². The fourth-order valence-corrected chi connectivity index (χ4v) is 4.48. The number of hydrogen-bond donors (Lipinski definition) is 1. The van der Waals surface area contributed by atoms with Gasteiger partial charge in [-0.15, -0.1) is 5.10 Å². The average molecular weight is 384 g/mol. The lowest BCUT2D eigenvalue weighted by molar-refractivity contribution is 0.580. The van der Waals surface area contributed by atoms with Gasteiger partial charge >= 0.3 is 0 Å². The molecule has 0 aliphatic heterocycles. The van der Waals surface area contributed by atoms with E-state index in [1.54, 1.807) is 14.0 Å². The van der Waals surface area contributed by atoms with Crippen molar-refractivity contribution in [1.82, 2.24) is 24.1 Å². The van der Waals surface area contributed by atoms with Gasteiger partial charge in [0, 0.05) is 24.5 Å². The first-order valence-corrected chi connectivity index (χ1v) is 9.63. The first-order chi connectivity index (χ1) is 11.4. The highest BCUT2D eigenvalue weighted by Gasteiger charge is 2.24. The minimum atomic E-state index is -3.74. The lowest BCUT2D eigenvalue weighted by atomic mass is 10.1. The molecule has 0 amide bonds. The van der Waals surface area contributed by atoms with Crippen LogP contribution in [0.15, 0.2) is 34.5 Å². The molecule has 0 saturated heterocycles. The highest BCUT2D eigenvalue weighted by Crippen LogP contribution is 2.24. The molecule has 0 saturated carbocycles. The second kappa shape index (κ2) is 6.60. The Labute approximate surface area is 148 Å². The number of benzene rings is 1. The summed E-state index contributed by atoms with van der Waals surface area (Å²) in [5.74, 6) is 0. The summed E-state index contributed by atoms with van der Waals surface area (Å²) < 4.78 is 32.6.